The second-order valence-corrected chi connectivity index (χ2v) is 4.08. The van der Waals surface area contributed by atoms with Crippen molar-refractivity contribution in [2.75, 3.05) is 0 Å². The van der Waals surface area contributed by atoms with Gasteiger partial charge >= 0.3 is 5.97 Å². The Morgan fingerprint density at radius 1 is 1.39 bits per heavy atom. The zero-order chi connectivity index (χ0) is 13.1. The maximum absolute atomic E-state index is 10.7. The molecule has 0 fully saturated rings. The van der Waals surface area contributed by atoms with Crippen LogP contribution in [0.4, 0.5) is 0 Å². The number of carboxylic acids is 1. The summed E-state index contributed by atoms with van der Waals surface area (Å²) in [6.45, 7) is 3.87. The summed E-state index contributed by atoms with van der Waals surface area (Å²) in [5.41, 5.74) is 1.23. The van der Waals surface area contributed by atoms with Crippen molar-refractivity contribution in [3.63, 3.8) is 0 Å². The number of rotatable bonds is 4. The van der Waals surface area contributed by atoms with Crippen molar-refractivity contribution in [2.24, 2.45) is 0 Å². The first kappa shape index (κ1) is 12.2. The van der Waals surface area contributed by atoms with Crippen LogP contribution in [0.15, 0.2) is 34.9 Å². The van der Waals surface area contributed by atoms with Crippen LogP contribution in [-0.2, 0) is 0 Å². The van der Waals surface area contributed by atoms with Crippen molar-refractivity contribution in [1.82, 2.24) is 5.16 Å². The molecular weight excluding hydrogens is 234 g/mol. The van der Waals surface area contributed by atoms with E-state index < -0.39 is 5.97 Å². The molecule has 5 heteroatoms. The van der Waals surface area contributed by atoms with Gasteiger partial charge in [-0.3, -0.25) is 0 Å². The lowest BCUT2D eigenvalue weighted by Crippen LogP contribution is -2.05. The van der Waals surface area contributed by atoms with Gasteiger partial charge in [-0.15, -0.1) is 0 Å². The average molecular weight is 247 g/mol. The first-order valence-electron chi connectivity index (χ1n) is 5.53. The second kappa shape index (κ2) is 4.91. The van der Waals surface area contributed by atoms with Crippen molar-refractivity contribution < 1.29 is 19.2 Å². The number of aromatic carboxylic acids is 1. The molecule has 94 valence electrons. The summed E-state index contributed by atoms with van der Waals surface area (Å²) in [6, 6.07) is 8.65. The Kier molecular flexibility index (Phi) is 3.32. The van der Waals surface area contributed by atoms with Crippen molar-refractivity contribution in [1.29, 1.82) is 0 Å². The standard InChI is InChI=1S/C13H13NO4/c1-8(2)17-10-5-3-4-9(6-10)11-7-12(13(15)16)18-14-11/h3-8H,1-2H3,(H,15,16). The summed E-state index contributed by atoms with van der Waals surface area (Å²) in [5, 5.41) is 12.5. The van der Waals surface area contributed by atoms with Crippen molar-refractivity contribution in [3.8, 4) is 17.0 Å². The number of hydrogen-bond acceptors (Lipinski definition) is 4. The summed E-state index contributed by atoms with van der Waals surface area (Å²) in [6.07, 6.45) is 0.0761. The number of carbonyl (C=O) groups is 1. The number of carboxylic acid groups (broad SMARTS) is 1. The van der Waals surface area contributed by atoms with Gasteiger partial charge in [-0.1, -0.05) is 17.3 Å². The second-order valence-electron chi connectivity index (χ2n) is 4.08. The number of nitrogens with zero attached hydrogens (tertiary/aromatic N) is 1. The van der Waals surface area contributed by atoms with E-state index in [1.54, 1.807) is 6.07 Å². The quantitative estimate of drug-likeness (QED) is 0.899. The highest BCUT2D eigenvalue weighted by Gasteiger charge is 2.12. The Labute approximate surface area is 104 Å². The first-order chi connectivity index (χ1) is 8.56. The van der Waals surface area contributed by atoms with E-state index in [0.717, 1.165) is 5.56 Å². The van der Waals surface area contributed by atoms with E-state index in [-0.39, 0.29) is 11.9 Å². The topological polar surface area (TPSA) is 72.6 Å². The van der Waals surface area contributed by atoms with E-state index >= 15 is 0 Å². The minimum absolute atomic E-state index is 0.0761. The maximum Gasteiger partial charge on any atom is 0.374 e. The summed E-state index contributed by atoms with van der Waals surface area (Å²) >= 11 is 0. The Bertz CT molecular complexity index is 560. The normalized spacial score (nSPS) is 10.6. The van der Waals surface area contributed by atoms with Gasteiger partial charge in [-0.05, 0) is 26.0 Å². The summed E-state index contributed by atoms with van der Waals surface area (Å²) < 4.78 is 10.3. The lowest BCUT2D eigenvalue weighted by molar-refractivity contribution is 0.0652. The van der Waals surface area contributed by atoms with Crippen LogP contribution in [0.5, 0.6) is 5.75 Å². The summed E-state index contributed by atoms with van der Waals surface area (Å²) in [5.74, 6) is -0.606. The molecule has 1 N–H and O–H groups in total. The largest absolute Gasteiger partial charge is 0.491 e. The number of aromatic nitrogens is 1. The molecule has 0 amide bonds. The molecule has 0 aliphatic heterocycles. The third-order valence-corrected chi connectivity index (χ3v) is 2.22. The SMILES string of the molecule is CC(C)Oc1cccc(-c2cc(C(=O)O)on2)c1. The Morgan fingerprint density at radius 3 is 2.78 bits per heavy atom. The summed E-state index contributed by atoms with van der Waals surface area (Å²) in [4.78, 5) is 10.7. The molecule has 1 heterocycles. The molecule has 0 radical (unpaired) electrons. The monoisotopic (exact) mass is 247 g/mol. The van der Waals surface area contributed by atoms with Crippen LogP contribution in [-0.4, -0.2) is 22.3 Å². The van der Waals surface area contributed by atoms with E-state index in [2.05, 4.69) is 5.16 Å². The lowest BCUT2D eigenvalue weighted by atomic mass is 10.1. The Balaban J connectivity index is 2.29. The fourth-order valence-electron chi connectivity index (χ4n) is 1.51. The molecule has 5 nitrogen and oxygen atoms in total. The Hall–Kier alpha value is -2.30. The number of ether oxygens (including phenoxy) is 1. The van der Waals surface area contributed by atoms with E-state index in [1.165, 1.54) is 6.07 Å². The van der Waals surface area contributed by atoms with Crippen LogP contribution in [0.1, 0.15) is 24.4 Å². The van der Waals surface area contributed by atoms with Crippen molar-refractivity contribution in [3.05, 3.63) is 36.1 Å². The molecule has 0 unspecified atom stereocenters. The number of benzene rings is 1. The van der Waals surface area contributed by atoms with E-state index in [9.17, 15) is 4.79 Å². The van der Waals surface area contributed by atoms with Crippen molar-refractivity contribution >= 4 is 5.97 Å². The maximum atomic E-state index is 10.7. The van der Waals surface area contributed by atoms with Gasteiger partial charge in [0.1, 0.15) is 11.4 Å². The molecule has 2 aromatic rings. The molecule has 1 aromatic carbocycles. The van der Waals surface area contributed by atoms with Gasteiger partial charge in [0.05, 0.1) is 6.10 Å². The van der Waals surface area contributed by atoms with Gasteiger partial charge in [-0.2, -0.15) is 0 Å². The van der Waals surface area contributed by atoms with Crippen LogP contribution in [0.25, 0.3) is 11.3 Å². The Morgan fingerprint density at radius 2 is 2.17 bits per heavy atom. The van der Waals surface area contributed by atoms with Gasteiger partial charge in [0.15, 0.2) is 0 Å². The zero-order valence-corrected chi connectivity index (χ0v) is 10.1. The van der Waals surface area contributed by atoms with E-state index in [0.29, 0.717) is 11.4 Å². The minimum atomic E-state index is -1.14. The van der Waals surface area contributed by atoms with Gasteiger partial charge in [0, 0.05) is 11.6 Å². The van der Waals surface area contributed by atoms with Crippen LogP contribution in [0, 0.1) is 0 Å². The highest BCUT2D eigenvalue weighted by Crippen LogP contribution is 2.24. The summed E-state index contributed by atoms with van der Waals surface area (Å²) in [7, 11) is 0. The first-order valence-corrected chi connectivity index (χ1v) is 5.53. The van der Waals surface area contributed by atoms with E-state index in [1.807, 2.05) is 32.0 Å². The fourth-order valence-corrected chi connectivity index (χ4v) is 1.51. The van der Waals surface area contributed by atoms with Gasteiger partial charge in [0.2, 0.25) is 5.76 Å². The average Bonchev–Trinajstić information content (AvgIpc) is 2.77. The predicted molar refractivity (Wildman–Crippen MR) is 64.7 cm³/mol. The molecule has 0 saturated carbocycles. The van der Waals surface area contributed by atoms with Crippen LogP contribution in [0.3, 0.4) is 0 Å². The molecule has 0 bridgehead atoms. The lowest BCUT2D eigenvalue weighted by Gasteiger charge is -2.09. The molecular formula is C13H13NO4. The molecule has 0 spiro atoms. The van der Waals surface area contributed by atoms with Crippen molar-refractivity contribution in [2.45, 2.75) is 20.0 Å². The van der Waals surface area contributed by atoms with Crippen LogP contribution >= 0.6 is 0 Å². The third kappa shape index (κ3) is 2.68. The zero-order valence-electron chi connectivity index (χ0n) is 10.1. The van der Waals surface area contributed by atoms with Gasteiger partial charge < -0.3 is 14.4 Å². The smallest absolute Gasteiger partial charge is 0.374 e. The fraction of sp³-hybridized carbons (Fsp3) is 0.231. The van der Waals surface area contributed by atoms with Gasteiger partial charge in [0.25, 0.3) is 0 Å². The third-order valence-electron chi connectivity index (χ3n) is 2.22. The minimum Gasteiger partial charge on any atom is -0.491 e. The highest BCUT2D eigenvalue weighted by molar-refractivity contribution is 5.85. The molecule has 0 aliphatic carbocycles. The van der Waals surface area contributed by atoms with Gasteiger partial charge in [-0.25, -0.2) is 4.79 Å². The molecule has 0 atom stereocenters. The molecule has 1 aromatic heterocycles. The number of hydrogen-bond donors (Lipinski definition) is 1. The highest BCUT2D eigenvalue weighted by atomic mass is 16.5. The molecule has 0 saturated heterocycles. The molecule has 0 aliphatic rings. The predicted octanol–water partition coefficient (Wildman–Crippen LogP) is 2.83. The molecule has 2 rings (SSSR count). The van der Waals surface area contributed by atoms with Crippen LogP contribution < -0.4 is 4.74 Å². The molecule has 18 heavy (non-hydrogen) atoms. The van der Waals surface area contributed by atoms with Crippen LogP contribution in [0.2, 0.25) is 0 Å². The van der Waals surface area contributed by atoms with E-state index in [4.69, 9.17) is 14.4 Å².